The van der Waals surface area contributed by atoms with Crippen LogP contribution >= 0.6 is 0 Å². The van der Waals surface area contributed by atoms with Gasteiger partial charge in [0.25, 0.3) is 0 Å². The van der Waals surface area contributed by atoms with Gasteiger partial charge in [-0.15, -0.1) is 0 Å². The van der Waals surface area contributed by atoms with Crippen molar-refractivity contribution in [1.82, 2.24) is 0 Å². The van der Waals surface area contributed by atoms with E-state index in [1.54, 1.807) is 0 Å². The molecule has 0 unspecified atom stereocenters. The van der Waals surface area contributed by atoms with Crippen molar-refractivity contribution in [2.75, 3.05) is 39.6 Å². The zero-order chi connectivity index (χ0) is 16.1. The van der Waals surface area contributed by atoms with Crippen molar-refractivity contribution in [2.24, 2.45) is 0 Å². The van der Waals surface area contributed by atoms with E-state index in [4.69, 9.17) is 18.9 Å². The Kier molecular flexibility index (Phi) is 13.9. The van der Waals surface area contributed by atoms with E-state index < -0.39 is 0 Å². The van der Waals surface area contributed by atoms with Gasteiger partial charge >= 0.3 is 0 Å². The van der Waals surface area contributed by atoms with Gasteiger partial charge in [0, 0.05) is 13.2 Å². The first kappa shape index (κ1) is 22.1. The fraction of sp³-hybridized carbons (Fsp3) is 1.00. The lowest BCUT2D eigenvalue weighted by molar-refractivity contribution is -0.0333. The maximum Gasteiger partial charge on any atom is 0.0707 e. The molecular weight excluding hydrogens is 256 g/mol. The monoisotopic (exact) mass is 292 g/mol. The van der Waals surface area contributed by atoms with Gasteiger partial charge in [0.2, 0.25) is 0 Å². The molecule has 0 aromatic rings. The molecule has 0 aliphatic heterocycles. The molecule has 0 aromatic heterocycles. The summed E-state index contributed by atoms with van der Waals surface area (Å²) < 4.78 is 21.0. The maximum absolute atomic E-state index is 5.41. The zero-order valence-corrected chi connectivity index (χ0v) is 14.9. The van der Waals surface area contributed by atoms with Crippen LogP contribution in [0.15, 0.2) is 0 Å². The fourth-order valence-electron chi connectivity index (χ4n) is 1.10. The molecule has 0 amide bonds. The largest absolute Gasteiger partial charge is 0.379 e. The van der Waals surface area contributed by atoms with Crippen molar-refractivity contribution >= 4 is 0 Å². The van der Waals surface area contributed by atoms with Crippen LogP contribution in [0, 0.1) is 0 Å². The second kappa shape index (κ2) is 12.6. The van der Waals surface area contributed by atoms with Crippen LogP contribution in [-0.2, 0) is 18.9 Å². The Balaban J connectivity index is 0. The number of rotatable bonds is 8. The van der Waals surface area contributed by atoms with Gasteiger partial charge in [-0.3, -0.25) is 0 Å². The molecule has 0 aromatic carbocycles. The Morgan fingerprint density at radius 3 is 1.05 bits per heavy atom. The number of hydrogen-bond acceptors (Lipinski definition) is 4. The summed E-state index contributed by atoms with van der Waals surface area (Å²) in [5.41, 5.74) is -0.0613. The first-order valence-corrected chi connectivity index (χ1v) is 7.55. The topological polar surface area (TPSA) is 36.9 Å². The van der Waals surface area contributed by atoms with Crippen LogP contribution in [0.2, 0.25) is 0 Å². The summed E-state index contributed by atoms with van der Waals surface area (Å²) in [7, 11) is 0. The predicted molar refractivity (Wildman–Crippen MR) is 84.4 cm³/mol. The molecule has 0 N–H and O–H groups in total. The van der Waals surface area contributed by atoms with Crippen molar-refractivity contribution in [3.63, 3.8) is 0 Å². The predicted octanol–water partition coefficient (Wildman–Crippen LogP) is 3.68. The van der Waals surface area contributed by atoms with Crippen LogP contribution in [0.5, 0.6) is 0 Å². The molecule has 0 saturated heterocycles. The molecule has 0 fully saturated rings. The van der Waals surface area contributed by atoms with Crippen molar-refractivity contribution in [2.45, 2.75) is 66.6 Å². The van der Waals surface area contributed by atoms with Crippen LogP contribution in [0.1, 0.15) is 55.4 Å². The Labute approximate surface area is 126 Å². The molecule has 0 radical (unpaired) electrons. The van der Waals surface area contributed by atoms with Crippen LogP contribution in [0.4, 0.5) is 0 Å². The summed E-state index contributed by atoms with van der Waals surface area (Å²) in [4.78, 5) is 0. The highest BCUT2D eigenvalue weighted by molar-refractivity contribution is 4.58. The third-order valence-electron chi connectivity index (χ3n) is 1.93. The van der Waals surface area contributed by atoms with E-state index in [1.807, 2.05) is 55.4 Å². The van der Waals surface area contributed by atoms with Gasteiger partial charge in [-0.2, -0.15) is 0 Å². The van der Waals surface area contributed by atoms with Gasteiger partial charge in [-0.05, 0) is 55.4 Å². The molecule has 0 aliphatic rings. The molecular formula is C16H36O4. The summed E-state index contributed by atoms with van der Waals surface area (Å²) in [6.07, 6.45) is 0. The SMILES string of the molecule is CCOCCOC(C)(C)C.CCOCCOC(C)(C)C. The first-order valence-electron chi connectivity index (χ1n) is 7.55. The molecule has 0 saturated carbocycles. The molecule has 0 rings (SSSR count). The summed E-state index contributed by atoms with van der Waals surface area (Å²) in [6, 6.07) is 0. The van der Waals surface area contributed by atoms with Gasteiger partial charge < -0.3 is 18.9 Å². The second-order valence-electron chi connectivity index (χ2n) is 6.32. The van der Waals surface area contributed by atoms with Crippen molar-refractivity contribution < 1.29 is 18.9 Å². The average Bonchev–Trinajstić information content (AvgIpc) is 2.29. The molecule has 0 heterocycles. The second-order valence-corrected chi connectivity index (χ2v) is 6.32. The third-order valence-corrected chi connectivity index (χ3v) is 1.93. The van der Waals surface area contributed by atoms with Gasteiger partial charge in [-0.1, -0.05) is 0 Å². The van der Waals surface area contributed by atoms with Crippen LogP contribution in [0.3, 0.4) is 0 Å². The Hall–Kier alpha value is -0.160. The number of hydrogen-bond donors (Lipinski definition) is 0. The highest BCUT2D eigenvalue weighted by atomic mass is 16.5. The van der Waals surface area contributed by atoms with Gasteiger partial charge in [0.05, 0.1) is 37.6 Å². The molecule has 0 atom stereocenters. The summed E-state index contributed by atoms with van der Waals surface area (Å²) >= 11 is 0. The van der Waals surface area contributed by atoms with Crippen molar-refractivity contribution in [1.29, 1.82) is 0 Å². The molecule has 124 valence electrons. The highest BCUT2D eigenvalue weighted by Gasteiger charge is 2.09. The minimum Gasteiger partial charge on any atom is -0.379 e. The van der Waals surface area contributed by atoms with E-state index in [1.165, 1.54) is 0 Å². The lowest BCUT2D eigenvalue weighted by Gasteiger charge is -2.19. The zero-order valence-electron chi connectivity index (χ0n) is 14.9. The van der Waals surface area contributed by atoms with Crippen molar-refractivity contribution in [3.05, 3.63) is 0 Å². The van der Waals surface area contributed by atoms with E-state index in [0.717, 1.165) is 13.2 Å². The van der Waals surface area contributed by atoms with Gasteiger partial charge in [-0.25, -0.2) is 0 Å². The molecule has 4 heteroatoms. The minimum atomic E-state index is -0.0307. The normalized spacial score (nSPS) is 12.0. The lowest BCUT2D eigenvalue weighted by atomic mass is 10.2. The Morgan fingerprint density at radius 1 is 0.550 bits per heavy atom. The Morgan fingerprint density at radius 2 is 0.850 bits per heavy atom. The molecule has 0 bridgehead atoms. The van der Waals surface area contributed by atoms with Crippen molar-refractivity contribution in [3.8, 4) is 0 Å². The van der Waals surface area contributed by atoms with Crippen LogP contribution in [0.25, 0.3) is 0 Å². The van der Waals surface area contributed by atoms with E-state index in [0.29, 0.717) is 26.4 Å². The smallest absolute Gasteiger partial charge is 0.0707 e. The summed E-state index contributed by atoms with van der Waals surface area (Å²) in [5.74, 6) is 0. The molecule has 0 spiro atoms. The summed E-state index contributed by atoms with van der Waals surface area (Å²) in [6.45, 7) is 20.5. The lowest BCUT2D eigenvalue weighted by Crippen LogP contribution is -2.21. The average molecular weight is 292 g/mol. The quantitative estimate of drug-likeness (QED) is 0.640. The van der Waals surface area contributed by atoms with Crippen LogP contribution < -0.4 is 0 Å². The standard InChI is InChI=1S/2C8H18O2/c2*1-5-9-6-7-10-8(2,3)4/h2*5-7H2,1-4H3. The summed E-state index contributed by atoms with van der Waals surface area (Å²) in [5, 5.41) is 0. The third kappa shape index (κ3) is 26.4. The maximum atomic E-state index is 5.41. The van der Waals surface area contributed by atoms with E-state index >= 15 is 0 Å². The van der Waals surface area contributed by atoms with Crippen LogP contribution in [-0.4, -0.2) is 50.8 Å². The molecule has 4 nitrogen and oxygen atoms in total. The minimum absolute atomic E-state index is 0.0307. The Bertz CT molecular complexity index is 170. The molecule has 20 heavy (non-hydrogen) atoms. The first-order chi connectivity index (χ1) is 9.12. The highest BCUT2D eigenvalue weighted by Crippen LogP contribution is 2.05. The van der Waals surface area contributed by atoms with E-state index in [-0.39, 0.29) is 11.2 Å². The fourth-order valence-corrected chi connectivity index (χ4v) is 1.10. The molecule has 0 aliphatic carbocycles. The number of ether oxygens (including phenoxy) is 4. The van der Waals surface area contributed by atoms with E-state index in [2.05, 4.69) is 0 Å². The van der Waals surface area contributed by atoms with Gasteiger partial charge in [0.15, 0.2) is 0 Å². The van der Waals surface area contributed by atoms with Gasteiger partial charge in [0.1, 0.15) is 0 Å². The van der Waals surface area contributed by atoms with E-state index in [9.17, 15) is 0 Å².